The SMILES string of the molecule is Nc1c(C(=O)NCC(C2CC2)C2CC2)sc2ncccc12. The van der Waals surface area contributed by atoms with E-state index in [-0.39, 0.29) is 5.91 Å². The highest BCUT2D eigenvalue weighted by atomic mass is 32.1. The van der Waals surface area contributed by atoms with Crippen LogP contribution in [0, 0.1) is 17.8 Å². The van der Waals surface area contributed by atoms with Crippen molar-refractivity contribution in [2.24, 2.45) is 17.8 Å². The number of anilines is 1. The smallest absolute Gasteiger partial charge is 0.263 e. The molecule has 2 aromatic heterocycles. The summed E-state index contributed by atoms with van der Waals surface area (Å²) in [6.07, 6.45) is 7.09. The first-order valence-electron chi connectivity index (χ1n) is 7.65. The normalized spacial score (nSPS) is 18.3. The van der Waals surface area contributed by atoms with Gasteiger partial charge in [0.05, 0.1) is 5.69 Å². The van der Waals surface area contributed by atoms with Crippen LogP contribution >= 0.6 is 11.3 Å². The van der Waals surface area contributed by atoms with Crippen molar-refractivity contribution in [1.29, 1.82) is 0 Å². The van der Waals surface area contributed by atoms with Crippen molar-refractivity contribution in [2.45, 2.75) is 25.7 Å². The van der Waals surface area contributed by atoms with E-state index in [0.717, 1.165) is 28.6 Å². The highest BCUT2D eigenvalue weighted by Crippen LogP contribution is 2.48. The van der Waals surface area contributed by atoms with Crippen LogP contribution < -0.4 is 11.1 Å². The molecule has 1 amide bonds. The standard InChI is InChI=1S/C16H19N3OS/c17-13-11-2-1-7-18-16(11)21-14(13)15(20)19-8-12(9-3-4-9)10-5-6-10/h1-2,7,9-10,12H,3-6,8,17H2,(H,19,20). The Kier molecular flexibility index (Phi) is 3.10. The molecule has 2 saturated carbocycles. The number of amides is 1. The molecule has 21 heavy (non-hydrogen) atoms. The first kappa shape index (κ1) is 13.1. The number of thiophene rings is 1. The number of nitrogens with two attached hydrogens (primary N) is 1. The van der Waals surface area contributed by atoms with Crippen molar-refractivity contribution in [1.82, 2.24) is 10.3 Å². The summed E-state index contributed by atoms with van der Waals surface area (Å²) in [6.45, 7) is 0.801. The lowest BCUT2D eigenvalue weighted by molar-refractivity contribution is 0.0948. The molecule has 0 saturated heterocycles. The topological polar surface area (TPSA) is 68.0 Å². The van der Waals surface area contributed by atoms with E-state index in [2.05, 4.69) is 10.3 Å². The number of nitrogens with one attached hydrogen (secondary N) is 1. The lowest BCUT2D eigenvalue weighted by Gasteiger charge is -2.15. The summed E-state index contributed by atoms with van der Waals surface area (Å²) in [5.74, 6) is 2.34. The van der Waals surface area contributed by atoms with Gasteiger partial charge in [0, 0.05) is 18.1 Å². The van der Waals surface area contributed by atoms with Crippen molar-refractivity contribution in [3.63, 3.8) is 0 Å². The molecule has 2 heterocycles. The van der Waals surface area contributed by atoms with E-state index in [4.69, 9.17) is 5.73 Å². The zero-order chi connectivity index (χ0) is 14.4. The molecule has 0 atom stereocenters. The predicted octanol–water partition coefficient (Wildman–Crippen LogP) is 3.04. The number of hydrogen-bond acceptors (Lipinski definition) is 4. The number of nitrogen functional groups attached to an aromatic ring is 1. The van der Waals surface area contributed by atoms with Crippen molar-refractivity contribution in [3.05, 3.63) is 23.2 Å². The maximum absolute atomic E-state index is 12.4. The Morgan fingerprint density at radius 3 is 2.71 bits per heavy atom. The molecule has 0 aromatic carbocycles. The Labute approximate surface area is 127 Å². The molecule has 2 aliphatic carbocycles. The minimum atomic E-state index is -0.0400. The average Bonchev–Trinajstić information content (AvgIpc) is 3.39. The maximum atomic E-state index is 12.4. The van der Waals surface area contributed by atoms with Crippen LogP contribution in [-0.4, -0.2) is 17.4 Å². The molecular formula is C16H19N3OS. The third-order valence-corrected chi connectivity index (χ3v) is 5.79. The second kappa shape index (κ2) is 4.98. The van der Waals surface area contributed by atoms with E-state index in [0.29, 0.717) is 16.5 Å². The summed E-state index contributed by atoms with van der Waals surface area (Å²) in [5.41, 5.74) is 6.66. The van der Waals surface area contributed by atoms with Crippen LogP contribution in [0.5, 0.6) is 0 Å². The van der Waals surface area contributed by atoms with Crippen LogP contribution in [-0.2, 0) is 0 Å². The van der Waals surface area contributed by atoms with Crippen LogP contribution in [0.1, 0.15) is 35.4 Å². The minimum absolute atomic E-state index is 0.0400. The van der Waals surface area contributed by atoms with Crippen LogP contribution in [0.4, 0.5) is 5.69 Å². The molecule has 3 N–H and O–H groups in total. The molecule has 110 valence electrons. The van der Waals surface area contributed by atoms with Gasteiger partial charge in [0.1, 0.15) is 9.71 Å². The molecule has 5 heteroatoms. The molecule has 0 aliphatic heterocycles. The zero-order valence-corrected chi connectivity index (χ0v) is 12.7. The van der Waals surface area contributed by atoms with Gasteiger partial charge in [0.2, 0.25) is 0 Å². The molecule has 0 spiro atoms. The molecule has 2 aliphatic rings. The van der Waals surface area contributed by atoms with E-state index < -0.39 is 0 Å². The van der Waals surface area contributed by atoms with E-state index in [9.17, 15) is 4.79 Å². The molecule has 0 radical (unpaired) electrons. The van der Waals surface area contributed by atoms with Gasteiger partial charge in [-0.2, -0.15) is 0 Å². The van der Waals surface area contributed by atoms with E-state index in [1.54, 1.807) is 6.20 Å². The highest BCUT2D eigenvalue weighted by molar-refractivity contribution is 7.21. The Morgan fingerprint density at radius 2 is 2.10 bits per heavy atom. The summed E-state index contributed by atoms with van der Waals surface area (Å²) in [5, 5.41) is 3.99. The summed E-state index contributed by atoms with van der Waals surface area (Å²) in [7, 11) is 0. The van der Waals surface area contributed by atoms with Gasteiger partial charge in [0.25, 0.3) is 5.91 Å². The largest absolute Gasteiger partial charge is 0.397 e. The fraction of sp³-hybridized carbons (Fsp3) is 0.500. The number of carbonyl (C=O) groups is 1. The van der Waals surface area contributed by atoms with Gasteiger partial charge in [-0.3, -0.25) is 4.79 Å². The Bertz CT molecular complexity index is 676. The van der Waals surface area contributed by atoms with Crippen molar-refractivity contribution in [2.75, 3.05) is 12.3 Å². The predicted molar refractivity (Wildman–Crippen MR) is 85.3 cm³/mol. The van der Waals surface area contributed by atoms with Gasteiger partial charge in [-0.1, -0.05) is 0 Å². The number of nitrogens with zero attached hydrogens (tertiary/aromatic N) is 1. The molecule has 2 fully saturated rings. The van der Waals surface area contributed by atoms with Gasteiger partial charge < -0.3 is 11.1 Å². The Morgan fingerprint density at radius 1 is 1.38 bits per heavy atom. The number of fused-ring (bicyclic) bond motifs is 1. The van der Waals surface area contributed by atoms with Gasteiger partial charge in [0.15, 0.2) is 0 Å². The number of aromatic nitrogens is 1. The molecule has 0 bridgehead atoms. The second-order valence-corrected chi connectivity index (χ2v) is 7.25. The lowest BCUT2D eigenvalue weighted by Crippen LogP contribution is -2.31. The monoisotopic (exact) mass is 301 g/mol. The number of pyridine rings is 1. The van der Waals surface area contributed by atoms with Gasteiger partial charge >= 0.3 is 0 Å². The third kappa shape index (κ3) is 2.50. The molecular weight excluding hydrogens is 282 g/mol. The second-order valence-electron chi connectivity index (χ2n) is 6.25. The lowest BCUT2D eigenvalue weighted by atomic mass is 9.98. The molecule has 4 nitrogen and oxygen atoms in total. The van der Waals surface area contributed by atoms with Crippen LogP contribution in [0.25, 0.3) is 10.2 Å². The number of carbonyl (C=O) groups excluding carboxylic acids is 1. The van der Waals surface area contributed by atoms with E-state index in [1.807, 2.05) is 12.1 Å². The maximum Gasteiger partial charge on any atom is 0.263 e. The minimum Gasteiger partial charge on any atom is -0.397 e. The summed E-state index contributed by atoms with van der Waals surface area (Å²) < 4.78 is 0. The zero-order valence-electron chi connectivity index (χ0n) is 11.8. The average molecular weight is 301 g/mol. The summed E-state index contributed by atoms with van der Waals surface area (Å²) in [4.78, 5) is 18.1. The number of hydrogen-bond donors (Lipinski definition) is 2. The van der Waals surface area contributed by atoms with Crippen LogP contribution in [0.3, 0.4) is 0 Å². The molecule has 0 unspecified atom stereocenters. The Hall–Kier alpha value is -1.62. The third-order valence-electron chi connectivity index (χ3n) is 4.66. The number of rotatable bonds is 5. The fourth-order valence-corrected chi connectivity index (χ4v) is 4.16. The summed E-state index contributed by atoms with van der Waals surface area (Å²) >= 11 is 1.38. The first-order chi connectivity index (χ1) is 10.2. The van der Waals surface area contributed by atoms with Crippen molar-refractivity contribution >= 4 is 33.1 Å². The van der Waals surface area contributed by atoms with Crippen molar-refractivity contribution in [3.8, 4) is 0 Å². The molecule has 4 rings (SSSR count). The first-order valence-corrected chi connectivity index (χ1v) is 8.47. The van der Waals surface area contributed by atoms with Gasteiger partial charge in [-0.15, -0.1) is 11.3 Å². The summed E-state index contributed by atoms with van der Waals surface area (Å²) in [6, 6.07) is 3.77. The van der Waals surface area contributed by atoms with Crippen LogP contribution in [0.2, 0.25) is 0 Å². The highest BCUT2D eigenvalue weighted by Gasteiger charge is 2.41. The quantitative estimate of drug-likeness (QED) is 0.892. The Balaban J connectivity index is 1.49. The molecule has 2 aromatic rings. The van der Waals surface area contributed by atoms with Gasteiger partial charge in [-0.05, 0) is 55.6 Å². The van der Waals surface area contributed by atoms with E-state index in [1.165, 1.54) is 37.0 Å². The fourth-order valence-electron chi connectivity index (χ4n) is 3.18. The van der Waals surface area contributed by atoms with Crippen molar-refractivity contribution < 1.29 is 4.79 Å². The van der Waals surface area contributed by atoms with E-state index >= 15 is 0 Å². The van der Waals surface area contributed by atoms with Gasteiger partial charge in [-0.25, -0.2) is 4.98 Å². The van der Waals surface area contributed by atoms with Crippen LogP contribution in [0.15, 0.2) is 18.3 Å².